The summed E-state index contributed by atoms with van der Waals surface area (Å²) in [5.74, 6) is 2.00. The topological polar surface area (TPSA) is 62.7 Å². The Hall–Kier alpha value is -2.17. The van der Waals surface area contributed by atoms with E-state index in [-0.39, 0.29) is 7.43 Å². The summed E-state index contributed by atoms with van der Waals surface area (Å²) in [6.07, 6.45) is 0. The van der Waals surface area contributed by atoms with Crippen molar-refractivity contribution >= 4 is 17.3 Å². The molecule has 0 fully saturated rings. The van der Waals surface area contributed by atoms with Crippen molar-refractivity contribution < 1.29 is 0 Å². The molecule has 0 saturated heterocycles. The molecule has 1 aromatic heterocycles. The van der Waals surface area contributed by atoms with Crippen LogP contribution in [0, 0.1) is 13.8 Å². The van der Waals surface area contributed by atoms with E-state index in [0.717, 1.165) is 11.4 Å². The van der Waals surface area contributed by atoms with Crippen LogP contribution in [0.2, 0.25) is 0 Å². The fourth-order valence-corrected chi connectivity index (χ4v) is 1.55. The van der Waals surface area contributed by atoms with E-state index in [0.29, 0.717) is 17.6 Å². The number of hydrogen-bond donors (Lipinski definition) is 2. The molecule has 0 unspecified atom stereocenters. The fourth-order valence-electron chi connectivity index (χ4n) is 1.55. The third-order valence-corrected chi connectivity index (χ3v) is 2.27. The van der Waals surface area contributed by atoms with Crippen LogP contribution in [-0.4, -0.2) is 22.0 Å². The van der Waals surface area contributed by atoms with Gasteiger partial charge in [0.15, 0.2) is 0 Å². The fraction of sp³-hybridized carbons (Fsp3) is 0.308. The smallest absolute Gasteiger partial charge is 0.230 e. The van der Waals surface area contributed by atoms with Crippen molar-refractivity contribution in [1.29, 1.82) is 0 Å². The maximum atomic E-state index is 4.23. The average molecular weight is 245 g/mol. The third-order valence-electron chi connectivity index (χ3n) is 2.27. The number of rotatable bonds is 3. The standard InChI is InChI=1S/C12H15N5.CH4/c1-8-14-9(2)16-12(15-8)17-11-6-4-5-10(7-11)13-3;/h4-7,13H,1-3H3,(H,14,15,16,17);1H4. The lowest BCUT2D eigenvalue weighted by Gasteiger charge is -2.07. The second-order valence-corrected chi connectivity index (χ2v) is 3.71. The lowest BCUT2D eigenvalue weighted by atomic mass is 10.3. The van der Waals surface area contributed by atoms with Crippen LogP contribution in [0.15, 0.2) is 24.3 Å². The lowest BCUT2D eigenvalue weighted by Crippen LogP contribution is -2.03. The molecule has 0 aliphatic rings. The molecular formula is C13H19N5. The van der Waals surface area contributed by atoms with Gasteiger partial charge in [-0.25, -0.2) is 4.98 Å². The van der Waals surface area contributed by atoms with Gasteiger partial charge in [-0.3, -0.25) is 0 Å². The number of anilines is 3. The van der Waals surface area contributed by atoms with Crippen LogP contribution in [0.25, 0.3) is 0 Å². The highest BCUT2D eigenvalue weighted by molar-refractivity contribution is 5.60. The summed E-state index contributed by atoms with van der Waals surface area (Å²) in [7, 11) is 1.89. The van der Waals surface area contributed by atoms with Crippen LogP contribution in [-0.2, 0) is 0 Å². The van der Waals surface area contributed by atoms with E-state index in [1.165, 1.54) is 0 Å². The van der Waals surface area contributed by atoms with Crippen LogP contribution in [0.3, 0.4) is 0 Å². The van der Waals surface area contributed by atoms with Gasteiger partial charge in [0.05, 0.1) is 0 Å². The number of nitrogens with one attached hydrogen (secondary N) is 2. The van der Waals surface area contributed by atoms with Crippen LogP contribution in [0.5, 0.6) is 0 Å². The van der Waals surface area contributed by atoms with Crippen molar-refractivity contribution in [2.45, 2.75) is 21.3 Å². The molecular weight excluding hydrogens is 226 g/mol. The van der Waals surface area contributed by atoms with E-state index < -0.39 is 0 Å². The van der Waals surface area contributed by atoms with Gasteiger partial charge >= 0.3 is 0 Å². The van der Waals surface area contributed by atoms with Crippen molar-refractivity contribution in [3.63, 3.8) is 0 Å². The first-order chi connectivity index (χ1) is 8.17. The number of nitrogens with zero attached hydrogens (tertiary/aromatic N) is 3. The van der Waals surface area contributed by atoms with Crippen molar-refractivity contribution in [3.8, 4) is 0 Å². The van der Waals surface area contributed by atoms with Crippen molar-refractivity contribution in [3.05, 3.63) is 35.9 Å². The maximum absolute atomic E-state index is 4.23. The van der Waals surface area contributed by atoms with E-state index in [4.69, 9.17) is 0 Å². The lowest BCUT2D eigenvalue weighted by molar-refractivity contribution is 0.928. The van der Waals surface area contributed by atoms with Gasteiger partial charge in [-0.05, 0) is 32.0 Å². The zero-order valence-corrected chi connectivity index (χ0v) is 10.2. The first-order valence-electron chi connectivity index (χ1n) is 5.41. The molecule has 2 N–H and O–H groups in total. The van der Waals surface area contributed by atoms with E-state index >= 15 is 0 Å². The number of benzene rings is 1. The Kier molecular flexibility index (Phi) is 4.59. The second-order valence-electron chi connectivity index (χ2n) is 3.71. The summed E-state index contributed by atoms with van der Waals surface area (Å²) in [4.78, 5) is 12.6. The largest absolute Gasteiger partial charge is 0.388 e. The first-order valence-corrected chi connectivity index (χ1v) is 5.41. The summed E-state index contributed by atoms with van der Waals surface area (Å²) in [5.41, 5.74) is 1.99. The number of hydrogen-bond acceptors (Lipinski definition) is 5. The quantitative estimate of drug-likeness (QED) is 0.870. The summed E-state index contributed by atoms with van der Waals surface area (Å²) >= 11 is 0. The zero-order chi connectivity index (χ0) is 12.3. The minimum atomic E-state index is 0. The number of aryl methyl sites for hydroxylation is 2. The van der Waals surface area contributed by atoms with Gasteiger partial charge < -0.3 is 10.6 Å². The minimum Gasteiger partial charge on any atom is -0.388 e. The molecule has 0 spiro atoms. The molecule has 1 aromatic carbocycles. The van der Waals surface area contributed by atoms with E-state index in [1.807, 2.05) is 45.2 Å². The Morgan fingerprint density at radius 1 is 0.944 bits per heavy atom. The zero-order valence-electron chi connectivity index (χ0n) is 10.2. The second kappa shape index (κ2) is 5.95. The highest BCUT2D eigenvalue weighted by Gasteiger charge is 2.01. The third kappa shape index (κ3) is 3.41. The average Bonchev–Trinajstić information content (AvgIpc) is 2.28. The normalized spacial score (nSPS) is 9.50. The van der Waals surface area contributed by atoms with Crippen LogP contribution >= 0.6 is 0 Å². The van der Waals surface area contributed by atoms with E-state index in [1.54, 1.807) is 0 Å². The van der Waals surface area contributed by atoms with E-state index in [2.05, 4.69) is 25.6 Å². The molecule has 0 aliphatic carbocycles. The van der Waals surface area contributed by atoms with Gasteiger partial charge in [0.1, 0.15) is 11.6 Å². The Morgan fingerprint density at radius 2 is 1.56 bits per heavy atom. The maximum Gasteiger partial charge on any atom is 0.230 e. The van der Waals surface area contributed by atoms with E-state index in [9.17, 15) is 0 Å². The van der Waals surface area contributed by atoms with Crippen LogP contribution < -0.4 is 10.6 Å². The monoisotopic (exact) mass is 245 g/mol. The highest BCUT2D eigenvalue weighted by Crippen LogP contribution is 2.17. The predicted octanol–water partition coefficient (Wildman–Crippen LogP) is 2.91. The molecule has 2 rings (SSSR count). The molecule has 0 atom stereocenters. The van der Waals surface area contributed by atoms with Gasteiger partial charge in [0, 0.05) is 18.4 Å². The molecule has 0 amide bonds. The molecule has 1 heterocycles. The molecule has 5 heteroatoms. The molecule has 5 nitrogen and oxygen atoms in total. The van der Waals surface area contributed by atoms with Gasteiger partial charge in [0.25, 0.3) is 0 Å². The van der Waals surface area contributed by atoms with Gasteiger partial charge in [-0.15, -0.1) is 0 Å². The molecule has 18 heavy (non-hydrogen) atoms. The van der Waals surface area contributed by atoms with Crippen molar-refractivity contribution in [2.24, 2.45) is 0 Å². The SMILES string of the molecule is C.CNc1cccc(Nc2nc(C)nc(C)n2)c1. The summed E-state index contributed by atoms with van der Waals surface area (Å²) in [5, 5.41) is 6.24. The highest BCUT2D eigenvalue weighted by atomic mass is 15.2. The summed E-state index contributed by atoms with van der Waals surface area (Å²) < 4.78 is 0. The summed E-state index contributed by atoms with van der Waals surface area (Å²) in [6.45, 7) is 3.70. The molecule has 0 saturated carbocycles. The van der Waals surface area contributed by atoms with Gasteiger partial charge in [-0.2, -0.15) is 9.97 Å². The Labute approximate surface area is 108 Å². The van der Waals surface area contributed by atoms with Crippen LogP contribution in [0.4, 0.5) is 17.3 Å². The molecule has 0 radical (unpaired) electrons. The summed E-state index contributed by atoms with van der Waals surface area (Å²) in [6, 6.07) is 7.92. The van der Waals surface area contributed by atoms with Crippen molar-refractivity contribution in [1.82, 2.24) is 15.0 Å². The Balaban J connectivity index is 0.00000162. The number of aromatic nitrogens is 3. The molecule has 0 bridgehead atoms. The first kappa shape index (κ1) is 13.9. The Morgan fingerprint density at radius 3 is 2.17 bits per heavy atom. The Bertz CT molecular complexity index is 504. The molecule has 0 aliphatic heterocycles. The predicted molar refractivity (Wildman–Crippen MR) is 75.3 cm³/mol. The van der Waals surface area contributed by atoms with Gasteiger partial charge in [-0.1, -0.05) is 13.5 Å². The minimum absolute atomic E-state index is 0. The molecule has 2 aromatic rings. The van der Waals surface area contributed by atoms with Crippen LogP contribution in [0.1, 0.15) is 19.1 Å². The van der Waals surface area contributed by atoms with Gasteiger partial charge in [0.2, 0.25) is 5.95 Å². The van der Waals surface area contributed by atoms with Crippen molar-refractivity contribution in [2.75, 3.05) is 17.7 Å². The molecule has 96 valence electrons.